The largest absolute Gasteiger partial charge is 0.496 e. The summed E-state index contributed by atoms with van der Waals surface area (Å²) in [5.41, 5.74) is 2.48. The summed E-state index contributed by atoms with van der Waals surface area (Å²) in [4.78, 5) is 0. The van der Waals surface area contributed by atoms with E-state index >= 15 is 0 Å². The van der Waals surface area contributed by atoms with Gasteiger partial charge in [-0.3, -0.25) is 0 Å². The van der Waals surface area contributed by atoms with Crippen molar-refractivity contribution in [3.63, 3.8) is 0 Å². The Hall–Kier alpha value is -1.48. The molecule has 2 aromatic rings. The van der Waals surface area contributed by atoms with Crippen LogP contribution in [0, 0.1) is 0 Å². The number of rotatable bonds is 7. The second-order valence-electron chi connectivity index (χ2n) is 5.01. The van der Waals surface area contributed by atoms with E-state index in [2.05, 4.69) is 35.0 Å². The normalized spacial score (nSPS) is 10.4. The van der Waals surface area contributed by atoms with Crippen molar-refractivity contribution in [2.45, 2.75) is 32.8 Å². The van der Waals surface area contributed by atoms with E-state index in [1.165, 1.54) is 18.4 Å². The van der Waals surface area contributed by atoms with Crippen molar-refractivity contribution in [1.82, 2.24) is 0 Å². The quantitative estimate of drug-likeness (QED) is 0.668. The Morgan fingerprint density at radius 3 is 2.33 bits per heavy atom. The fraction of sp³-hybridized carbons (Fsp3) is 0.333. The smallest absolute Gasteiger partial charge is 0.133 e. The first kappa shape index (κ1) is 15.9. The van der Waals surface area contributed by atoms with Crippen LogP contribution < -0.4 is 9.47 Å². The Morgan fingerprint density at radius 2 is 1.71 bits per heavy atom. The lowest BCUT2D eigenvalue weighted by Gasteiger charge is -2.09. The maximum absolute atomic E-state index is 5.82. The van der Waals surface area contributed by atoms with E-state index in [0.717, 1.165) is 28.0 Å². The first-order valence-electron chi connectivity index (χ1n) is 7.27. The van der Waals surface area contributed by atoms with Gasteiger partial charge in [-0.2, -0.15) is 0 Å². The zero-order valence-electron chi connectivity index (χ0n) is 12.6. The summed E-state index contributed by atoms with van der Waals surface area (Å²) < 4.78 is 12.0. The second-order valence-corrected chi connectivity index (χ2v) is 5.86. The van der Waals surface area contributed by atoms with Crippen molar-refractivity contribution in [3.05, 3.63) is 58.1 Å². The third kappa shape index (κ3) is 4.78. The van der Waals surface area contributed by atoms with Gasteiger partial charge in [-0.15, -0.1) is 0 Å². The molecule has 0 amide bonds. The van der Waals surface area contributed by atoms with Gasteiger partial charge in [0, 0.05) is 0 Å². The van der Waals surface area contributed by atoms with Gasteiger partial charge in [-0.05, 0) is 64.2 Å². The van der Waals surface area contributed by atoms with Crippen molar-refractivity contribution in [2.75, 3.05) is 7.11 Å². The third-order valence-electron chi connectivity index (χ3n) is 3.36. The van der Waals surface area contributed by atoms with Crippen molar-refractivity contribution >= 4 is 15.9 Å². The highest BCUT2D eigenvalue weighted by Gasteiger charge is 2.02. The fourth-order valence-electron chi connectivity index (χ4n) is 2.10. The Kier molecular flexibility index (Phi) is 6.12. The standard InChI is InChI=1S/C18H21BrO2/c1-3-4-5-14-6-9-16(10-7-14)21-13-15-8-11-18(20-2)17(19)12-15/h6-12H,3-5,13H2,1-2H3. The van der Waals surface area contributed by atoms with Gasteiger partial charge in [0.1, 0.15) is 18.1 Å². The number of methoxy groups -OCH3 is 1. The van der Waals surface area contributed by atoms with Gasteiger partial charge in [0.2, 0.25) is 0 Å². The van der Waals surface area contributed by atoms with Crippen LogP contribution in [-0.2, 0) is 13.0 Å². The van der Waals surface area contributed by atoms with Crippen LogP contribution in [0.4, 0.5) is 0 Å². The lowest BCUT2D eigenvalue weighted by atomic mass is 10.1. The summed E-state index contributed by atoms with van der Waals surface area (Å²) in [6.45, 7) is 2.77. The van der Waals surface area contributed by atoms with Crippen LogP contribution in [0.5, 0.6) is 11.5 Å². The molecule has 0 saturated carbocycles. The van der Waals surface area contributed by atoms with E-state index in [4.69, 9.17) is 9.47 Å². The average Bonchev–Trinajstić information content (AvgIpc) is 2.52. The van der Waals surface area contributed by atoms with E-state index in [9.17, 15) is 0 Å². The monoisotopic (exact) mass is 348 g/mol. The Labute approximate surface area is 135 Å². The predicted molar refractivity (Wildman–Crippen MR) is 90.1 cm³/mol. The molecule has 0 fully saturated rings. The Morgan fingerprint density at radius 1 is 1.00 bits per heavy atom. The topological polar surface area (TPSA) is 18.5 Å². The zero-order valence-corrected chi connectivity index (χ0v) is 14.2. The SMILES string of the molecule is CCCCc1ccc(OCc2ccc(OC)c(Br)c2)cc1. The number of benzene rings is 2. The number of hydrogen-bond acceptors (Lipinski definition) is 2. The highest BCUT2D eigenvalue weighted by atomic mass is 79.9. The minimum atomic E-state index is 0.552. The van der Waals surface area contributed by atoms with Gasteiger partial charge in [0.25, 0.3) is 0 Å². The molecule has 2 rings (SSSR count). The minimum Gasteiger partial charge on any atom is -0.496 e. The van der Waals surface area contributed by atoms with E-state index in [0.29, 0.717) is 6.61 Å². The van der Waals surface area contributed by atoms with Crippen LogP contribution in [0.15, 0.2) is 46.9 Å². The van der Waals surface area contributed by atoms with Gasteiger partial charge in [-0.25, -0.2) is 0 Å². The molecule has 2 aromatic carbocycles. The maximum Gasteiger partial charge on any atom is 0.133 e. The number of unbranched alkanes of at least 4 members (excludes halogenated alkanes) is 1. The van der Waals surface area contributed by atoms with Gasteiger partial charge in [0.05, 0.1) is 11.6 Å². The van der Waals surface area contributed by atoms with Crippen LogP contribution in [-0.4, -0.2) is 7.11 Å². The summed E-state index contributed by atoms with van der Waals surface area (Å²) in [5.74, 6) is 1.74. The molecule has 0 aliphatic heterocycles. The predicted octanol–water partition coefficient (Wildman–Crippen LogP) is 5.38. The molecule has 112 valence electrons. The molecule has 3 heteroatoms. The molecular weight excluding hydrogens is 328 g/mol. The fourth-order valence-corrected chi connectivity index (χ4v) is 2.69. The van der Waals surface area contributed by atoms with Crippen molar-refractivity contribution in [1.29, 1.82) is 0 Å². The number of halogens is 1. The Bertz CT molecular complexity index is 564. The molecule has 0 saturated heterocycles. The molecule has 0 N–H and O–H groups in total. The number of hydrogen-bond donors (Lipinski definition) is 0. The molecule has 0 aromatic heterocycles. The van der Waals surface area contributed by atoms with E-state index < -0.39 is 0 Å². The highest BCUT2D eigenvalue weighted by Crippen LogP contribution is 2.26. The van der Waals surface area contributed by atoms with E-state index in [-0.39, 0.29) is 0 Å². The van der Waals surface area contributed by atoms with Crippen LogP contribution in [0.25, 0.3) is 0 Å². The van der Waals surface area contributed by atoms with Crippen molar-refractivity contribution < 1.29 is 9.47 Å². The average molecular weight is 349 g/mol. The molecule has 21 heavy (non-hydrogen) atoms. The molecule has 0 spiro atoms. The van der Waals surface area contributed by atoms with E-state index in [1.807, 2.05) is 30.3 Å². The number of aryl methyl sites for hydroxylation is 1. The third-order valence-corrected chi connectivity index (χ3v) is 3.98. The lowest BCUT2D eigenvalue weighted by molar-refractivity contribution is 0.305. The molecule has 0 aliphatic carbocycles. The summed E-state index contributed by atoms with van der Waals surface area (Å²) in [7, 11) is 1.66. The molecule has 0 aliphatic rings. The second kappa shape index (κ2) is 8.08. The van der Waals surface area contributed by atoms with Gasteiger partial charge in [0.15, 0.2) is 0 Å². The first-order chi connectivity index (χ1) is 10.2. The van der Waals surface area contributed by atoms with Crippen molar-refractivity contribution in [3.8, 4) is 11.5 Å². The molecule has 0 bridgehead atoms. The Balaban J connectivity index is 1.92. The highest BCUT2D eigenvalue weighted by molar-refractivity contribution is 9.10. The molecule has 0 heterocycles. The summed E-state index contributed by atoms with van der Waals surface area (Å²) in [5, 5.41) is 0. The summed E-state index contributed by atoms with van der Waals surface area (Å²) in [6.07, 6.45) is 3.60. The van der Waals surface area contributed by atoms with Gasteiger partial charge < -0.3 is 9.47 Å². The first-order valence-corrected chi connectivity index (χ1v) is 8.06. The molecular formula is C18H21BrO2. The molecule has 0 atom stereocenters. The van der Waals surface area contributed by atoms with Gasteiger partial charge >= 0.3 is 0 Å². The van der Waals surface area contributed by atoms with Gasteiger partial charge in [-0.1, -0.05) is 31.5 Å². The lowest BCUT2D eigenvalue weighted by Crippen LogP contribution is -1.96. The van der Waals surface area contributed by atoms with Crippen molar-refractivity contribution in [2.24, 2.45) is 0 Å². The zero-order chi connectivity index (χ0) is 15.1. The van der Waals surface area contributed by atoms with E-state index in [1.54, 1.807) is 7.11 Å². The van der Waals surface area contributed by atoms with Crippen LogP contribution in [0.2, 0.25) is 0 Å². The maximum atomic E-state index is 5.82. The minimum absolute atomic E-state index is 0.552. The van der Waals surface area contributed by atoms with Crippen LogP contribution >= 0.6 is 15.9 Å². The summed E-state index contributed by atoms with van der Waals surface area (Å²) in [6, 6.07) is 14.4. The number of ether oxygens (including phenoxy) is 2. The molecule has 2 nitrogen and oxygen atoms in total. The van der Waals surface area contributed by atoms with Crippen LogP contribution in [0.3, 0.4) is 0 Å². The molecule has 0 unspecified atom stereocenters. The summed E-state index contributed by atoms with van der Waals surface area (Å²) >= 11 is 3.49. The van der Waals surface area contributed by atoms with Crippen LogP contribution in [0.1, 0.15) is 30.9 Å². The molecule has 0 radical (unpaired) electrons.